The molecule has 3 rings (SSSR count). The lowest BCUT2D eigenvalue weighted by Gasteiger charge is -2.26. The zero-order chi connectivity index (χ0) is 20.7. The van der Waals surface area contributed by atoms with Gasteiger partial charge in [0, 0.05) is 18.8 Å². The highest BCUT2D eigenvalue weighted by Crippen LogP contribution is 2.19. The third kappa shape index (κ3) is 5.86. The number of carbonyl (C=O) groups is 2. The average molecular weight is 418 g/mol. The number of morpholine rings is 1. The third-order valence-corrected chi connectivity index (χ3v) is 6.21. The van der Waals surface area contributed by atoms with Crippen molar-refractivity contribution in [3.63, 3.8) is 0 Å². The molecule has 1 heterocycles. The molecule has 2 aromatic rings. The summed E-state index contributed by atoms with van der Waals surface area (Å²) in [6, 6.07) is 14.9. The topological polar surface area (TPSA) is 102 Å². The van der Waals surface area contributed by atoms with Gasteiger partial charge in [-0.25, -0.2) is 8.42 Å². The molecule has 1 aliphatic heterocycles. The molecule has 0 atom stereocenters. The average Bonchev–Trinajstić information content (AvgIpc) is 2.74. The Morgan fingerprint density at radius 2 is 1.66 bits per heavy atom. The van der Waals surface area contributed by atoms with E-state index in [0.717, 1.165) is 5.56 Å². The van der Waals surface area contributed by atoms with E-state index in [1.54, 1.807) is 12.1 Å². The normalized spacial score (nSPS) is 14.9. The molecule has 0 aliphatic carbocycles. The van der Waals surface area contributed by atoms with E-state index in [0.29, 0.717) is 32.0 Å². The molecule has 0 radical (unpaired) electrons. The molecule has 8 nitrogen and oxygen atoms in total. The molecule has 2 aromatic carbocycles. The number of anilines is 1. The number of nitrogens with one attached hydrogen (secondary N) is 1. The van der Waals surface area contributed by atoms with Crippen molar-refractivity contribution in [2.75, 3.05) is 38.2 Å². The first kappa shape index (κ1) is 21.0. The van der Waals surface area contributed by atoms with Gasteiger partial charge in [-0.3, -0.25) is 9.59 Å². The number of amides is 1. The first-order chi connectivity index (χ1) is 13.9. The third-order valence-electron chi connectivity index (χ3n) is 4.30. The van der Waals surface area contributed by atoms with Gasteiger partial charge >= 0.3 is 5.97 Å². The molecule has 1 amide bonds. The zero-order valence-corrected chi connectivity index (χ0v) is 16.6. The van der Waals surface area contributed by atoms with E-state index in [1.165, 1.54) is 28.6 Å². The van der Waals surface area contributed by atoms with Crippen molar-refractivity contribution in [3.8, 4) is 0 Å². The summed E-state index contributed by atoms with van der Waals surface area (Å²) < 4.78 is 36.7. The number of esters is 1. The summed E-state index contributed by atoms with van der Waals surface area (Å²) in [5, 5.41) is 2.57. The Hall–Kier alpha value is -2.75. The van der Waals surface area contributed by atoms with Crippen molar-refractivity contribution < 1.29 is 27.5 Å². The van der Waals surface area contributed by atoms with Crippen LogP contribution < -0.4 is 5.32 Å². The lowest BCUT2D eigenvalue weighted by Crippen LogP contribution is -2.40. The summed E-state index contributed by atoms with van der Waals surface area (Å²) in [6.45, 7) is 0.955. The molecule has 29 heavy (non-hydrogen) atoms. The van der Waals surface area contributed by atoms with Crippen LogP contribution in [-0.4, -0.2) is 57.5 Å². The highest BCUT2D eigenvalue weighted by atomic mass is 32.2. The van der Waals surface area contributed by atoms with E-state index in [4.69, 9.17) is 9.47 Å². The minimum Gasteiger partial charge on any atom is -0.455 e. The van der Waals surface area contributed by atoms with Crippen molar-refractivity contribution in [1.82, 2.24) is 4.31 Å². The van der Waals surface area contributed by atoms with Crippen molar-refractivity contribution in [2.45, 2.75) is 11.3 Å². The molecule has 1 N–H and O–H groups in total. The predicted octanol–water partition coefficient (Wildman–Crippen LogP) is 1.43. The van der Waals surface area contributed by atoms with Crippen molar-refractivity contribution in [1.29, 1.82) is 0 Å². The molecular weight excluding hydrogens is 396 g/mol. The predicted molar refractivity (Wildman–Crippen MR) is 106 cm³/mol. The summed E-state index contributed by atoms with van der Waals surface area (Å²) >= 11 is 0. The Morgan fingerprint density at radius 3 is 2.31 bits per heavy atom. The Kier molecular flexibility index (Phi) is 6.97. The molecule has 154 valence electrons. The van der Waals surface area contributed by atoms with Crippen LogP contribution in [0, 0.1) is 0 Å². The Balaban J connectivity index is 1.50. The number of nitrogens with zero attached hydrogens (tertiary/aromatic N) is 1. The summed E-state index contributed by atoms with van der Waals surface area (Å²) in [7, 11) is -3.59. The molecule has 1 fully saturated rings. The second kappa shape index (κ2) is 9.64. The number of carbonyl (C=O) groups excluding carboxylic acids is 2. The Labute approximate surface area is 169 Å². The maximum absolute atomic E-state index is 12.6. The van der Waals surface area contributed by atoms with Crippen molar-refractivity contribution >= 4 is 27.6 Å². The molecule has 9 heteroatoms. The fraction of sp³-hybridized carbons (Fsp3) is 0.300. The first-order valence-corrected chi connectivity index (χ1v) is 10.6. The van der Waals surface area contributed by atoms with Crippen LogP contribution in [0.4, 0.5) is 5.69 Å². The van der Waals surface area contributed by atoms with E-state index < -0.39 is 28.5 Å². The zero-order valence-electron chi connectivity index (χ0n) is 15.7. The number of ether oxygens (including phenoxy) is 2. The van der Waals surface area contributed by atoms with Gasteiger partial charge in [0.25, 0.3) is 5.91 Å². The highest BCUT2D eigenvalue weighted by Gasteiger charge is 2.26. The smallest absolute Gasteiger partial charge is 0.310 e. The maximum Gasteiger partial charge on any atom is 0.310 e. The van der Waals surface area contributed by atoms with Gasteiger partial charge in [0.2, 0.25) is 10.0 Å². The van der Waals surface area contributed by atoms with Gasteiger partial charge in [-0.2, -0.15) is 4.31 Å². The molecule has 0 aromatic heterocycles. The van der Waals surface area contributed by atoms with Gasteiger partial charge in [-0.05, 0) is 29.8 Å². The van der Waals surface area contributed by atoms with Gasteiger partial charge in [0.1, 0.15) is 0 Å². The monoisotopic (exact) mass is 418 g/mol. The van der Waals surface area contributed by atoms with Crippen LogP contribution in [0.3, 0.4) is 0 Å². The van der Waals surface area contributed by atoms with Gasteiger partial charge in [-0.1, -0.05) is 30.3 Å². The van der Waals surface area contributed by atoms with Gasteiger partial charge < -0.3 is 14.8 Å². The van der Waals surface area contributed by atoms with Crippen LogP contribution in [0.25, 0.3) is 0 Å². The number of sulfonamides is 1. The Bertz CT molecular complexity index is 939. The van der Waals surface area contributed by atoms with Crippen molar-refractivity contribution in [2.24, 2.45) is 0 Å². The van der Waals surface area contributed by atoms with E-state index in [-0.39, 0.29) is 11.3 Å². The number of hydrogen-bond donors (Lipinski definition) is 1. The first-order valence-electron chi connectivity index (χ1n) is 9.12. The largest absolute Gasteiger partial charge is 0.455 e. The van der Waals surface area contributed by atoms with E-state index >= 15 is 0 Å². The fourth-order valence-electron chi connectivity index (χ4n) is 2.80. The van der Waals surface area contributed by atoms with Gasteiger partial charge in [0.05, 0.1) is 24.5 Å². The van der Waals surface area contributed by atoms with Crippen LogP contribution >= 0.6 is 0 Å². The number of hydrogen-bond acceptors (Lipinski definition) is 6. The fourth-order valence-corrected chi connectivity index (χ4v) is 4.21. The minimum atomic E-state index is -3.59. The van der Waals surface area contributed by atoms with Crippen LogP contribution in [0.5, 0.6) is 0 Å². The standard InChI is InChI=1S/C20H22N2O6S/c23-19(15-28-20(24)14-16-4-2-1-3-5-16)21-17-6-8-18(9-7-17)29(25,26)22-10-12-27-13-11-22/h1-9H,10-15H2,(H,21,23). The van der Waals surface area contributed by atoms with Gasteiger partial charge in [-0.15, -0.1) is 0 Å². The second-order valence-corrected chi connectivity index (χ2v) is 8.35. The second-order valence-electron chi connectivity index (χ2n) is 6.41. The Morgan fingerprint density at radius 1 is 1.00 bits per heavy atom. The summed E-state index contributed by atoms with van der Waals surface area (Å²) in [5.41, 5.74) is 1.21. The number of benzene rings is 2. The molecule has 0 saturated carbocycles. The van der Waals surface area contributed by atoms with Crippen LogP contribution in [0.2, 0.25) is 0 Å². The lowest BCUT2D eigenvalue weighted by molar-refractivity contribution is -0.146. The van der Waals surface area contributed by atoms with E-state index in [2.05, 4.69) is 5.32 Å². The highest BCUT2D eigenvalue weighted by molar-refractivity contribution is 7.89. The van der Waals surface area contributed by atoms with Crippen LogP contribution in [-0.2, 0) is 35.5 Å². The minimum absolute atomic E-state index is 0.0855. The number of rotatable bonds is 7. The molecular formula is C20H22N2O6S. The summed E-state index contributed by atoms with van der Waals surface area (Å²) in [5.74, 6) is -1.01. The molecule has 1 aliphatic rings. The van der Waals surface area contributed by atoms with Crippen molar-refractivity contribution in [3.05, 3.63) is 60.2 Å². The maximum atomic E-state index is 12.6. The SMILES string of the molecule is O=C(COC(=O)Cc1ccccc1)Nc1ccc(S(=O)(=O)N2CCOCC2)cc1. The van der Waals surface area contributed by atoms with E-state index in [9.17, 15) is 18.0 Å². The summed E-state index contributed by atoms with van der Waals surface area (Å²) in [4.78, 5) is 23.9. The quantitative estimate of drug-likeness (QED) is 0.683. The van der Waals surface area contributed by atoms with Gasteiger partial charge in [0.15, 0.2) is 6.61 Å². The lowest BCUT2D eigenvalue weighted by atomic mass is 10.2. The molecule has 0 bridgehead atoms. The molecule has 0 unspecified atom stereocenters. The van der Waals surface area contributed by atoms with E-state index in [1.807, 2.05) is 18.2 Å². The summed E-state index contributed by atoms with van der Waals surface area (Å²) in [6.07, 6.45) is 0.0855. The molecule has 0 spiro atoms. The van der Waals surface area contributed by atoms with Crippen LogP contribution in [0.15, 0.2) is 59.5 Å². The van der Waals surface area contributed by atoms with Crippen LogP contribution in [0.1, 0.15) is 5.56 Å². The molecule has 1 saturated heterocycles.